The van der Waals surface area contributed by atoms with Gasteiger partial charge in [-0.25, -0.2) is 0 Å². The van der Waals surface area contributed by atoms with Gasteiger partial charge in [-0.1, -0.05) is 11.6 Å². The van der Waals surface area contributed by atoms with E-state index in [0.29, 0.717) is 11.1 Å². The number of nitriles is 1. The molecule has 14 heavy (non-hydrogen) atoms. The summed E-state index contributed by atoms with van der Waals surface area (Å²) in [5, 5.41) is 18.3. The molecule has 4 nitrogen and oxygen atoms in total. The number of rotatable bonds is 2. The van der Waals surface area contributed by atoms with Crippen molar-refractivity contribution >= 4 is 11.6 Å². The number of hydrogen-bond acceptors (Lipinski definition) is 4. The van der Waals surface area contributed by atoms with Crippen LogP contribution in [0.5, 0.6) is 5.75 Å². The minimum absolute atomic E-state index is 0.108. The van der Waals surface area contributed by atoms with Crippen LogP contribution in [-0.2, 0) is 0 Å². The van der Waals surface area contributed by atoms with E-state index in [1.165, 1.54) is 12.1 Å². The number of halogens is 1. The Morgan fingerprint density at radius 2 is 2.21 bits per heavy atom. The first-order chi connectivity index (χ1) is 6.60. The van der Waals surface area contributed by atoms with Gasteiger partial charge < -0.3 is 16.6 Å². The Morgan fingerprint density at radius 1 is 1.57 bits per heavy atom. The van der Waals surface area contributed by atoms with Gasteiger partial charge in [0.05, 0.1) is 16.7 Å². The Morgan fingerprint density at radius 3 is 2.71 bits per heavy atom. The SMILES string of the molecule is N#Cc1cc(Cl)c(O)c([C@@H](N)CN)c1. The van der Waals surface area contributed by atoms with Gasteiger partial charge in [0.15, 0.2) is 0 Å². The van der Waals surface area contributed by atoms with Gasteiger partial charge in [-0.3, -0.25) is 0 Å². The molecular formula is C9H10ClN3O. The van der Waals surface area contributed by atoms with Crippen LogP contribution in [0.4, 0.5) is 0 Å². The minimum atomic E-state index is -0.513. The van der Waals surface area contributed by atoms with E-state index in [1.807, 2.05) is 6.07 Å². The Kier molecular flexibility index (Phi) is 3.31. The lowest BCUT2D eigenvalue weighted by Crippen LogP contribution is -2.21. The largest absolute Gasteiger partial charge is 0.506 e. The van der Waals surface area contributed by atoms with Crippen molar-refractivity contribution < 1.29 is 5.11 Å². The van der Waals surface area contributed by atoms with Crippen LogP contribution >= 0.6 is 11.6 Å². The zero-order valence-electron chi connectivity index (χ0n) is 7.37. The first kappa shape index (κ1) is 10.8. The lowest BCUT2D eigenvalue weighted by molar-refractivity contribution is 0.462. The quantitative estimate of drug-likeness (QED) is 0.677. The molecule has 0 saturated heterocycles. The van der Waals surface area contributed by atoms with Gasteiger partial charge >= 0.3 is 0 Å². The molecule has 5 N–H and O–H groups in total. The maximum atomic E-state index is 9.54. The molecule has 74 valence electrons. The lowest BCUT2D eigenvalue weighted by atomic mass is 10.0. The molecule has 0 heterocycles. The van der Waals surface area contributed by atoms with E-state index in [9.17, 15) is 5.11 Å². The van der Waals surface area contributed by atoms with Crippen molar-refractivity contribution in [3.63, 3.8) is 0 Å². The predicted molar refractivity (Wildman–Crippen MR) is 53.8 cm³/mol. The average Bonchev–Trinajstić information content (AvgIpc) is 2.20. The van der Waals surface area contributed by atoms with Crippen LogP contribution in [0, 0.1) is 11.3 Å². The molecule has 0 bridgehead atoms. The molecule has 0 unspecified atom stereocenters. The molecule has 0 fully saturated rings. The van der Waals surface area contributed by atoms with Crippen molar-refractivity contribution in [3.05, 3.63) is 28.3 Å². The highest BCUT2D eigenvalue weighted by Crippen LogP contribution is 2.31. The van der Waals surface area contributed by atoms with Crippen LogP contribution < -0.4 is 11.5 Å². The van der Waals surface area contributed by atoms with Crippen LogP contribution in [0.3, 0.4) is 0 Å². The van der Waals surface area contributed by atoms with Crippen LogP contribution in [0.25, 0.3) is 0 Å². The molecule has 0 aliphatic carbocycles. The highest BCUT2D eigenvalue weighted by atomic mass is 35.5. The van der Waals surface area contributed by atoms with Crippen LogP contribution in [0.2, 0.25) is 5.02 Å². The molecule has 0 aliphatic rings. The molecule has 0 saturated carbocycles. The number of benzene rings is 1. The Balaban J connectivity index is 3.28. The highest BCUT2D eigenvalue weighted by Gasteiger charge is 2.13. The average molecular weight is 212 g/mol. The fraction of sp³-hybridized carbons (Fsp3) is 0.222. The number of nitrogens with zero attached hydrogens (tertiary/aromatic N) is 1. The predicted octanol–water partition coefficient (Wildman–Crippen LogP) is 0.876. The maximum Gasteiger partial charge on any atom is 0.139 e. The Bertz CT molecular complexity index is 386. The molecule has 1 atom stereocenters. The third kappa shape index (κ3) is 1.96. The normalized spacial score (nSPS) is 12.1. The van der Waals surface area contributed by atoms with Crippen molar-refractivity contribution in [2.75, 3.05) is 6.54 Å². The molecule has 0 aromatic heterocycles. The van der Waals surface area contributed by atoms with Crippen molar-refractivity contribution in [3.8, 4) is 11.8 Å². The molecule has 1 aromatic rings. The van der Waals surface area contributed by atoms with Gasteiger partial charge in [0.25, 0.3) is 0 Å². The summed E-state index contributed by atoms with van der Waals surface area (Å²) in [4.78, 5) is 0. The zero-order chi connectivity index (χ0) is 10.7. The van der Waals surface area contributed by atoms with Crippen LogP contribution in [0.1, 0.15) is 17.2 Å². The van der Waals surface area contributed by atoms with Crippen LogP contribution in [0.15, 0.2) is 12.1 Å². The number of aromatic hydroxyl groups is 1. The second-order valence-electron chi connectivity index (χ2n) is 2.85. The van der Waals surface area contributed by atoms with Gasteiger partial charge in [0, 0.05) is 18.2 Å². The van der Waals surface area contributed by atoms with Crippen molar-refractivity contribution in [1.29, 1.82) is 5.26 Å². The second-order valence-corrected chi connectivity index (χ2v) is 3.26. The Hall–Kier alpha value is -1.28. The van der Waals surface area contributed by atoms with E-state index in [4.69, 9.17) is 28.3 Å². The fourth-order valence-corrected chi connectivity index (χ4v) is 1.32. The zero-order valence-corrected chi connectivity index (χ0v) is 8.12. The van der Waals surface area contributed by atoms with E-state index < -0.39 is 6.04 Å². The number of phenols is 1. The lowest BCUT2D eigenvalue weighted by Gasteiger charge is -2.12. The van der Waals surface area contributed by atoms with E-state index in [-0.39, 0.29) is 17.3 Å². The van der Waals surface area contributed by atoms with Crippen molar-refractivity contribution in [2.45, 2.75) is 6.04 Å². The molecule has 5 heteroatoms. The first-order valence-electron chi connectivity index (χ1n) is 3.98. The summed E-state index contributed by atoms with van der Waals surface area (Å²) >= 11 is 5.70. The summed E-state index contributed by atoms with van der Waals surface area (Å²) < 4.78 is 0. The van der Waals surface area contributed by atoms with Gasteiger partial charge in [0.2, 0.25) is 0 Å². The molecular weight excluding hydrogens is 202 g/mol. The molecule has 0 amide bonds. The second kappa shape index (κ2) is 4.29. The summed E-state index contributed by atoms with van der Waals surface area (Å²) in [7, 11) is 0. The van der Waals surface area contributed by atoms with Crippen LogP contribution in [-0.4, -0.2) is 11.7 Å². The molecule has 1 rings (SSSR count). The molecule has 1 aromatic carbocycles. The van der Waals surface area contributed by atoms with E-state index in [1.54, 1.807) is 0 Å². The van der Waals surface area contributed by atoms with Gasteiger partial charge in [-0.2, -0.15) is 5.26 Å². The third-order valence-electron chi connectivity index (χ3n) is 1.88. The van der Waals surface area contributed by atoms with E-state index >= 15 is 0 Å². The van der Waals surface area contributed by atoms with Gasteiger partial charge in [0.1, 0.15) is 5.75 Å². The monoisotopic (exact) mass is 211 g/mol. The first-order valence-corrected chi connectivity index (χ1v) is 4.36. The van der Waals surface area contributed by atoms with Crippen molar-refractivity contribution in [1.82, 2.24) is 0 Å². The summed E-state index contributed by atoms with van der Waals surface area (Å²) in [6.45, 7) is 0.179. The number of nitrogens with two attached hydrogens (primary N) is 2. The van der Waals surface area contributed by atoms with E-state index in [0.717, 1.165) is 0 Å². The number of phenolic OH excluding ortho intramolecular Hbond substituents is 1. The molecule has 0 spiro atoms. The topological polar surface area (TPSA) is 96.1 Å². The summed E-state index contributed by atoms with van der Waals surface area (Å²) in [5.41, 5.74) is 11.7. The maximum absolute atomic E-state index is 9.54. The highest BCUT2D eigenvalue weighted by molar-refractivity contribution is 6.32. The molecule has 0 radical (unpaired) electrons. The smallest absolute Gasteiger partial charge is 0.139 e. The summed E-state index contributed by atoms with van der Waals surface area (Å²) in [5.74, 6) is -0.108. The summed E-state index contributed by atoms with van der Waals surface area (Å²) in [6, 6.07) is 4.27. The summed E-state index contributed by atoms with van der Waals surface area (Å²) in [6.07, 6.45) is 0. The minimum Gasteiger partial charge on any atom is -0.506 e. The third-order valence-corrected chi connectivity index (χ3v) is 2.16. The van der Waals surface area contributed by atoms with Gasteiger partial charge in [-0.15, -0.1) is 0 Å². The molecule has 0 aliphatic heterocycles. The standard InChI is InChI=1S/C9H10ClN3O/c10-7-2-5(3-11)1-6(9(7)14)8(13)4-12/h1-2,8,14H,4,12-13H2/t8-/m0/s1. The van der Waals surface area contributed by atoms with Gasteiger partial charge in [-0.05, 0) is 12.1 Å². The van der Waals surface area contributed by atoms with Crippen molar-refractivity contribution in [2.24, 2.45) is 11.5 Å². The van der Waals surface area contributed by atoms with E-state index in [2.05, 4.69) is 0 Å². The Labute approximate surface area is 86.7 Å². The fourth-order valence-electron chi connectivity index (χ4n) is 1.09. The number of hydrogen-bond donors (Lipinski definition) is 3.